The molecule has 3 aliphatic heterocycles. The second kappa shape index (κ2) is 8.82. The van der Waals surface area contributed by atoms with Crippen LogP contribution >= 0.6 is 0 Å². The Kier molecular flexibility index (Phi) is 6.18. The lowest BCUT2D eigenvalue weighted by atomic mass is 9.72. The van der Waals surface area contributed by atoms with Crippen LogP contribution < -0.4 is 0 Å². The summed E-state index contributed by atoms with van der Waals surface area (Å²) in [4.78, 5) is 36.5. The highest BCUT2D eigenvalue weighted by Gasteiger charge is 2.42. The number of likely N-dealkylation sites (tertiary alicyclic amines) is 3. The Morgan fingerprint density at radius 2 is 1.90 bits per heavy atom. The Morgan fingerprint density at radius 1 is 1.14 bits per heavy atom. The van der Waals surface area contributed by atoms with Crippen LogP contribution in [-0.4, -0.2) is 70.3 Å². The van der Waals surface area contributed by atoms with Gasteiger partial charge in [0.05, 0.1) is 18.3 Å². The zero-order valence-corrected chi connectivity index (χ0v) is 17.7. The van der Waals surface area contributed by atoms with Crippen LogP contribution in [0.1, 0.15) is 57.6 Å². The van der Waals surface area contributed by atoms with Crippen LogP contribution in [-0.2, 0) is 16.1 Å². The number of carbonyl (C=O) groups excluding carboxylic acids is 2. The lowest BCUT2D eigenvalue weighted by Gasteiger charge is -2.48. The van der Waals surface area contributed by atoms with E-state index in [0.717, 1.165) is 64.1 Å². The number of nitrogens with zero attached hydrogens (tertiary/aromatic N) is 4. The summed E-state index contributed by atoms with van der Waals surface area (Å²) in [6.45, 7) is 7.31. The van der Waals surface area contributed by atoms with E-state index in [1.807, 2.05) is 23.1 Å². The molecule has 0 aromatic carbocycles. The molecule has 0 bridgehead atoms. The van der Waals surface area contributed by atoms with Crippen molar-refractivity contribution in [2.24, 2.45) is 5.41 Å². The Morgan fingerprint density at radius 3 is 2.55 bits per heavy atom. The van der Waals surface area contributed by atoms with E-state index in [1.165, 1.54) is 12.8 Å². The summed E-state index contributed by atoms with van der Waals surface area (Å²) >= 11 is 0. The number of pyridine rings is 1. The second-order valence-electron chi connectivity index (χ2n) is 9.06. The van der Waals surface area contributed by atoms with Gasteiger partial charge in [-0.25, -0.2) is 0 Å². The lowest BCUT2D eigenvalue weighted by Crippen LogP contribution is -2.55. The Hall–Kier alpha value is -1.95. The fraction of sp³-hybridized carbons (Fsp3) is 0.696. The van der Waals surface area contributed by atoms with Crippen molar-refractivity contribution >= 4 is 11.8 Å². The van der Waals surface area contributed by atoms with Crippen molar-refractivity contribution in [1.29, 1.82) is 0 Å². The van der Waals surface area contributed by atoms with Gasteiger partial charge >= 0.3 is 0 Å². The first-order chi connectivity index (χ1) is 14.1. The van der Waals surface area contributed by atoms with Crippen LogP contribution in [0.25, 0.3) is 0 Å². The predicted octanol–water partition coefficient (Wildman–Crippen LogP) is 2.69. The molecule has 0 aliphatic carbocycles. The molecule has 6 heteroatoms. The van der Waals surface area contributed by atoms with Crippen LogP contribution in [0.15, 0.2) is 24.4 Å². The molecule has 4 heterocycles. The number of hydrogen-bond donors (Lipinski definition) is 0. The molecule has 0 radical (unpaired) electrons. The van der Waals surface area contributed by atoms with Crippen molar-refractivity contribution in [3.8, 4) is 0 Å². The van der Waals surface area contributed by atoms with E-state index in [0.29, 0.717) is 18.9 Å². The van der Waals surface area contributed by atoms with Gasteiger partial charge in [-0.15, -0.1) is 0 Å². The first kappa shape index (κ1) is 20.3. The van der Waals surface area contributed by atoms with Crippen LogP contribution in [0.3, 0.4) is 0 Å². The summed E-state index contributed by atoms with van der Waals surface area (Å²) in [5.74, 6) is 0.557. The van der Waals surface area contributed by atoms with Crippen LogP contribution in [0.5, 0.6) is 0 Å². The van der Waals surface area contributed by atoms with Gasteiger partial charge in [0.2, 0.25) is 11.8 Å². The molecule has 0 saturated carbocycles. The maximum absolute atomic E-state index is 13.2. The summed E-state index contributed by atoms with van der Waals surface area (Å²) in [5.41, 5.74) is 1.11. The van der Waals surface area contributed by atoms with E-state index in [1.54, 1.807) is 6.20 Å². The SMILES string of the molecule is CC[C@@H](C(=O)N1CCC2(CCC(=O)N(Cc3ccccn3)C2)CC1)N1CCCC1. The topological polar surface area (TPSA) is 56.8 Å². The Labute approximate surface area is 174 Å². The fourth-order valence-electron chi connectivity index (χ4n) is 5.40. The number of rotatable bonds is 5. The van der Waals surface area contributed by atoms with Crippen LogP contribution in [0.4, 0.5) is 0 Å². The van der Waals surface area contributed by atoms with Gasteiger partial charge in [-0.3, -0.25) is 19.5 Å². The molecule has 1 spiro atoms. The summed E-state index contributed by atoms with van der Waals surface area (Å²) < 4.78 is 0. The van der Waals surface area contributed by atoms with E-state index in [-0.39, 0.29) is 17.4 Å². The first-order valence-electron chi connectivity index (χ1n) is 11.3. The minimum atomic E-state index is 0.0557. The highest BCUT2D eigenvalue weighted by atomic mass is 16.2. The molecule has 3 fully saturated rings. The van der Waals surface area contributed by atoms with Crippen molar-refractivity contribution in [2.45, 2.75) is 64.5 Å². The maximum atomic E-state index is 13.2. The van der Waals surface area contributed by atoms with E-state index in [9.17, 15) is 9.59 Å². The lowest BCUT2D eigenvalue weighted by molar-refractivity contribution is -0.145. The van der Waals surface area contributed by atoms with Crippen molar-refractivity contribution < 1.29 is 9.59 Å². The smallest absolute Gasteiger partial charge is 0.239 e. The zero-order chi connectivity index (χ0) is 20.3. The molecule has 3 aliphatic rings. The normalized spacial score (nSPS) is 23.6. The van der Waals surface area contributed by atoms with Gasteiger partial charge in [0, 0.05) is 32.3 Å². The van der Waals surface area contributed by atoms with Gasteiger partial charge in [0.1, 0.15) is 0 Å². The average Bonchev–Trinajstić information content (AvgIpc) is 3.27. The van der Waals surface area contributed by atoms with Crippen LogP contribution in [0, 0.1) is 5.41 Å². The number of amides is 2. The third-order valence-electron chi connectivity index (χ3n) is 7.22. The standard InChI is InChI=1S/C23H34N4O2/c1-2-20(25-13-5-6-14-25)22(29)26-15-10-23(11-16-26)9-8-21(28)27(18-23)17-19-7-3-4-12-24-19/h3-4,7,12,20H,2,5-6,8-11,13-18H2,1H3/t20-/m0/s1. The summed E-state index contributed by atoms with van der Waals surface area (Å²) in [6, 6.07) is 5.92. The molecule has 1 atom stereocenters. The highest BCUT2D eigenvalue weighted by Crippen LogP contribution is 2.40. The highest BCUT2D eigenvalue weighted by molar-refractivity contribution is 5.82. The van der Waals surface area contributed by atoms with E-state index in [2.05, 4.69) is 21.7 Å². The summed E-state index contributed by atoms with van der Waals surface area (Å²) in [6.07, 6.45) is 8.69. The molecular weight excluding hydrogens is 364 g/mol. The van der Waals surface area contributed by atoms with Crippen molar-refractivity contribution in [2.75, 3.05) is 32.7 Å². The quantitative estimate of drug-likeness (QED) is 0.765. The predicted molar refractivity (Wildman–Crippen MR) is 112 cm³/mol. The largest absolute Gasteiger partial charge is 0.341 e. The molecule has 4 rings (SSSR count). The number of carbonyl (C=O) groups is 2. The second-order valence-corrected chi connectivity index (χ2v) is 9.06. The molecule has 158 valence electrons. The molecule has 3 saturated heterocycles. The van der Waals surface area contributed by atoms with Crippen molar-refractivity contribution in [3.63, 3.8) is 0 Å². The van der Waals surface area contributed by atoms with Crippen molar-refractivity contribution in [3.05, 3.63) is 30.1 Å². The molecule has 6 nitrogen and oxygen atoms in total. The molecule has 29 heavy (non-hydrogen) atoms. The zero-order valence-electron chi connectivity index (χ0n) is 17.7. The summed E-state index contributed by atoms with van der Waals surface area (Å²) in [7, 11) is 0. The molecule has 0 unspecified atom stereocenters. The van der Waals surface area contributed by atoms with Gasteiger partial charge in [0.25, 0.3) is 0 Å². The van der Waals surface area contributed by atoms with Gasteiger partial charge in [0.15, 0.2) is 0 Å². The van der Waals surface area contributed by atoms with Gasteiger partial charge in [-0.05, 0) is 69.2 Å². The fourth-order valence-corrected chi connectivity index (χ4v) is 5.40. The third kappa shape index (κ3) is 4.47. The van der Waals surface area contributed by atoms with Gasteiger partial charge < -0.3 is 9.80 Å². The first-order valence-corrected chi connectivity index (χ1v) is 11.3. The monoisotopic (exact) mass is 398 g/mol. The number of aromatic nitrogens is 1. The minimum Gasteiger partial charge on any atom is -0.341 e. The molecule has 2 amide bonds. The van der Waals surface area contributed by atoms with E-state index in [4.69, 9.17) is 0 Å². The van der Waals surface area contributed by atoms with Crippen LogP contribution in [0.2, 0.25) is 0 Å². The Bertz CT molecular complexity index is 709. The van der Waals surface area contributed by atoms with Gasteiger partial charge in [-0.1, -0.05) is 13.0 Å². The van der Waals surface area contributed by atoms with E-state index < -0.39 is 0 Å². The average molecular weight is 399 g/mol. The minimum absolute atomic E-state index is 0.0557. The third-order valence-corrected chi connectivity index (χ3v) is 7.22. The van der Waals surface area contributed by atoms with E-state index >= 15 is 0 Å². The molecular formula is C23H34N4O2. The number of piperidine rings is 2. The van der Waals surface area contributed by atoms with Gasteiger partial charge in [-0.2, -0.15) is 0 Å². The molecule has 1 aromatic heterocycles. The summed E-state index contributed by atoms with van der Waals surface area (Å²) in [5, 5.41) is 0. The van der Waals surface area contributed by atoms with Crippen molar-refractivity contribution in [1.82, 2.24) is 19.7 Å². The number of hydrogen-bond acceptors (Lipinski definition) is 4. The Balaban J connectivity index is 1.36. The maximum Gasteiger partial charge on any atom is 0.239 e. The molecule has 1 aromatic rings. The molecule has 0 N–H and O–H groups in total.